The number of benzene rings is 1. The van der Waals surface area contributed by atoms with E-state index in [0.29, 0.717) is 6.54 Å². The van der Waals surface area contributed by atoms with Gasteiger partial charge < -0.3 is 24.5 Å². The van der Waals surface area contributed by atoms with Gasteiger partial charge >= 0.3 is 18.1 Å². The molecule has 2 rings (SSSR count). The summed E-state index contributed by atoms with van der Waals surface area (Å²) in [5.41, 5.74) is 0.773. The second-order valence-electron chi connectivity index (χ2n) is 6.63. The Morgan fingerprint density at radius 3 is 2.32 bits per heavy atom. The number of urea groups is 1. The summed E-state index contributed by atoms with van der Waals surface area (Å²) in [4.78, 5) is 40.7. The quantitative estimate of drug-likeness (QED) is 0.739. The number of hydrogen-bond acceptors (Lipinski definition) is 5. The molecule has 0 spiro atoms. The highest BCUT2D eigenvalue weighted by molar-refractivity contribution is 7.99. The number of amides is 3. The number of aliphatic carboxylic acids is 1. The lowest BCUT2D eigenvalue weighted by Crippen LogP contribution is -2.47. The molecular formula is C19H27N3O5S. The van der Waals surface area contributed by atoms with Gasteiger partial charge in [-0.25, -0.2) is 14.4 Å². The molecule has 1 aliphatic rings. The largest absolute Gasteiger partial charge is 0.478 e. The third-order valence-corrected chi connectivity index (χ3v) is 5.42. The van der Waals surface area contributed by atoms with E-state index in [9.17, 15) is 19.5 Å². The van der Waals surface area contributed by atoms with Gasteiger partial charge in [0.25, 0.3) is 0 Å². The van der Waals surface area contributed by atoms with Gasteiger partial charge in [0.15, 0.2) is 0 Å². The van der Waals surface area contributed by atoms with E-state index in [4.69, 9.17) is 4.74 Å². The van der Waals surface area contributed by atoms with Crippen LogP contribution in [0.1, 0.15) is 5.56 Å². The SMILES string of the molecule is CN(CCN(C)C(=O)N1CCSCC1)C(=O)O[C@@H](Cc1ccccc1)C(=O)O. The van der Waals surface area contributed by atoms with Crippen molar-refractivity contribution >= 4 is 29.9 Å². The van der Waals surface area contributed by atoms with Crippen molar-refractivity contribution in [1.29, 1.82) is 0 Å². The molecule has 0 bridgehead atoms. The Morgan fingerprint density at radius 1 is 1.11 bits per heavy atom. The van der Waals surface area contributed by atoms with E-state index in [0.717, 1.165) is 30.2 Å². The fourth-order valence-electron chi connectivity index (χ4n) is 2.70. The number of carbonyl (C=O) groups excluding carboxylic acids is 2. The molecule has 1 atom stereocenters. The predicted molar refractivity (Wildman–Crippen MR) is 108 cm³/mol. The first-order valence-corrected chi connectivity index (χ1v) is 10.3. The zero-order valence-electron chi connectivity index (χ0n) is 16.2. The molecule has 1 aliphatic heterocycles. The number of carbonyl (C=O) groups is 3. The first kappa shape index (κ1) is 21.9. The summed E-state index contributed by atoms with van der Waals surface area (Å²) in [6.45, 7) is 2.04. The topological polar surface area (TPSA) is 90.4 Å². The van der Waals surface area contributed by atoms with Crippen LogP contribution in [0.15, 0.2) is 30.3 Å². The van der Waals surface area contributed by atoms with E-state index in [1.54, 1.807) is 41.1 Å². The molecule has 3 amide bonds. The van der Waals surface area contributed by atoms with Gasteiger partial charge in [-0.3, -0.25) is 0 Å². The van der Waals surface area contributed by atoms with Crippen LogP contribution in [0.4, 0.5) is 9.59 Å². The van der Waals surface area contributed by atoms with Gasteiger partial charge in [0.1, 0.15) is 0 Å². The Bertz CT molecular complexity index is 667. The van der Waals surface area contributed by atoms with E-state index >= 15 is 0 Å². The fourth-order valence-corrected chi connectivity index (χ4v) is 3.61. The van der Waals surface area contributed by atoms with Crippen LogP contribution in [-0.2, 0) is 16.0 Å². The summed E-state index contributed by atoms with van der Waals surface area (Å²) in [6.07, 6.45) is -1.89. The zero-order chi connectivity index (χ0) is 20.5. The molecule has 1 saturated heterocycles. The minimum Gasteiger partial charge on any atom is -0.478 e. The van der Waals surface area contributed by atoms with Crippen molar-refractivity contribution in [2.24, 2.45) is 0 Å². The average molecular weight is 410 g/mol. The lowest BCUT2D eigenvalue weighted by atomic mass is 10.1. The molecule has 1 aromatic rings. The first-order valence-electron chi connectivity index (χ1n) is 9.14. The van der Waals surface area contributed by atoms with Gasteiger partial charge in [0.2, 0.25) is 6.10 Å². The van der Waals surface area contributed by atoms with Crippen LogP contribution in [0, 0.1) is 0 Å². The van der Waals surface area contributed by atoms with Crippen molar-refractivity contribution < 1.29 is 24.2 Å². The van der Waals surface area contributed by atoms with Crippen LogP contribution in [0.3, 0.4) is 0 Å². The molecule has 9 heteroatoms. The highest BCUT2D eigenvalue weighted by Gasteiger charge is 2.25. The number of hydrogen-bond donors (Lipinski definition) is 1. The van der Waals surface area contributed by atoms with Crippen molar-refractivity contribution in [2.75, 3.05) is 51.8 Å². The second-order valence-corrected chi connectivity index (χ2v) is 7.85. The summed E-state index contributed by atoms with van der Waals surface area (Å²) in [7, 11) is 3.22. The Balaban J connectivity index is 1.81. The van der Waals surface area contributed by atoms with Crippen LogP contribution < -0.4 is 0 Å². The summed E-state index contributed by atoms with van der Waals surface area (Å²) in [5.74, 6) is 0.675. The Morgan fingerprint density at radius 2 is 1.71 bits per heavy atom. The van der Waals surface area contributed by atoms with Crippen molar-refractivity contribution in [3.63, 3.8) is 0 Å². The van der Waals surface area contributed by atoms with Crippen LogP contribution >= 0.6 is 11.8 Å². The molecule has 8 nitrogen and oxygen atoms in total. The van der Waals surface area contributed by atoms with E-state index in [-0.39, 0.29) is 19.0 Å². The zero-order valence-corrected chi connectivity index (χ0v) is 17.1. The molecule has 1 heterocycles. The summed E-state index contributed by atoms with van der Waals surface area (Å²) in [6, 6.07) is 8.95. The standard InChI is InChI=1S/C19H27N3O5S/c1-20(18(25)22-10-12-28-13-11-22)8-9-21(2)19(26)27-16(17(23)24)14-15-6-4-3-5-7-15/h3-7,16H,8-14H2,1-2H3,(H,23,24)/t16-/m0/s1. The second kappa shape index (κ2) is 10.8. The number of thioether (sulfide) groups is 1. The number of carboxylic acids is 1. The fraction of sp³-hybridized carbons (Fsp3) is 0.526. The smallest absolute Gasteiger partial charge is 0.410 e. The number of nitrogens with zero attached hydrogens (tertiary/aromatic N) is 3. The molecule has 154 valence electrons. The van der Waals surface area contributed by atoms with Crippen molar-refractivity contribution in [2.45, 2.75) is 12.5 Å². The van der Waals surface area contributed by atoms with E-state index in [2.05, 4.69) is 0 Å². The molecule has 0 unspecified atom stereocenters. The predicted octanol–water partition coefficient (Wildman–Crippen LogP) is 1.85. The lowest BCUT2D eigenvalue weighted by Gasteiger charge is -2.31. The van der Waals surface area contributed by atoms with Crippen LogP contribution in [0.25, 0.3) is 0 Å². The Kier molecular flexibility index (Phi) is 8.43. The van der Waals surface area contributed by atoms with Gasteiger partial charge in [-0.15, -0.1) is 0 Å². The monoisotopic (exact) mass is 409 g/mol. The normalized spacial score (nSPS) is 14.9. The van der Waals surface area contributed by atoms with Crippen LogP contribution in [-0.4, -0.2) is 95.8 Å². The third-order valence-electron chi connectivity index (χ3n) is 4.47. The maximum atomic E-state index is 12.4. The van der Waals surface area contributed by atoms with Gasteiger partial charge in [-0.05, 0) is 5.56 Å². The first-order chi connectivity index (χ1) is 13.4. The third kappa shape index (κ3) is 6.63. The Labute approximate surface area is 169 Å². The number of likely N-dealkylation sites (N-methyl/N-ethyl adjacent to an activating group) is 2. The van der Waals surface area contributed by atoms with Crippen molar-refractivity contribution in [1.82, 2.24) is 14.7 Å². The minimum atomic E-state index is -1.26. The van der Waals surface area contributed by atoms with Gasteiger partial charge in [0.05, 0.1) is 0 Å². The summed E-state index contributed by atoms with van der Waals surface area (Å²) < 4.78 is 5.16. The van der Waals surface area contributed by atoms with Crippen molar-refractivity contribution in [3.05, 3.63) is 35.9 Å². The minimum absolute atomic E-state index is 0.0606. The van der Waals surface area contributed by atoms with E-state index < -0.39 is 18.2 Å². The van der Waals surface area contributed by atoms with Gasteiger partial charge in [0, 0.05) is 58.2 Å². The molecule has 0 aliphatic carbocycles. The molecule has 28 heavy (non-hydrogen) atoms. The van der Waals surface area contributed by atoms with Gasteiger partial charge in [-0.1, -0.05) is 30.3 Å². The maximum Gasteiger partial charge on any atom is 0.410 e. The van der Waals surface area contributed by atoms with Gasteiger partial charge in [-0.2, -0.15) is 11.8 Å². The molecule has 0 saturated carbocycles. The highest BCUT2D eigenvalue weighted by Crippen LogP contribution is 2.11. The van der Waals surface area contributed by atoms with E-state index in [1.807, 2.05) is 17.8 Å². The van der Waals surface area contributed by atoms with Crippen molar-refractivity contribution in [3.8, 4) is 0 Å². The molecule has 1 aromatic carbocycles. The average Bonchev–Trinajstić information content (AvgIpc) is 2.71. The molecule has 0 radical (unpaired) electrons. The molecular weight excluding hydrogens is 382 g/mol. The molecule has 1 N–H and O–H groups in total. The lowest BCUT2D eigenvalue weighted by molar-refractivity contribution is -0.147. The molecule has 0 aromatic heterocycles. The van der Waals surface area contributed by atoms with E-state index in [1.165, 1.54) is 11.9 Å². The highest BCUT2D eigenvalue weighted by atomic mass is 32.2. The van der Waals surface area contributed by atoms with Crippen LogP contribution in [0.2, 0.25) is 0 Å². The molecule has 1 fully saturated rings. The number of carboxylic acid groups (broad SMARTS) is 1. The number of rotatable bonds is 7. The summed E-state index contributed by atoms with van der Waals surface area (Å²) >= 11 is 1.83. The maximum absolute atomic E-state index is 12.4. The summed E-state index contributed by atoms with van der Waals surface area (Å²) in [5, 5.41) is 9.34. The number of ether oxygens (including phenoxy) is 1. The van der Waals surface area contributed by atoms with Crippen LogP contribution in [0.5, 0.6) is 0 Å². The Hall–Kier alpha value is -2.42.